The Morgan fingerprint density at radius 2 is 1.61 bits per heavy atom. The van der Waals surface area contributed by atoms with Crippen molar-refractivity contribution >= 4 is 38.5 Å². The topological polar surface area (TPSA) is 110 Å². The number of carbonyl (C=O) groups excluding carboxylic acids is 1. The minimum Gasteiger partial charge on any atom is -0.481 e. The molecule has 4 aromatic rings. The average Bonchev–Trinajstić information content (AvgIpc) is 2.83. The van der Waals surface area contributed by atoms with Crippen LogP contribution in [0.4, 0.5) is 11.5 Å². The van der Waals surface area contributed by atoms with Gasteiger partial charge in [-0.3, -0.25) is 14.5 Å². The summed E-state index contributed by atoms with van der Waals surface area (Å²) in [5.74, 6) is 0.403. The highest BCUT2D eigenvalue weighted by atomic mass is 32.2. The minimum absolute atomic E-state index is 0.0306. The number of para-hydroxylation sites is 3. The van der Waals surface area contributed by atoms with Crippen LogP contribution in [0.3, 0.4) is 0 Å². The van der Waals surface area contributed by atoms with E-state index in [4.69, 9.17) is 4.74 Å². The standard InChI is InChI=1S/C24H22N4O4S/c1-2-22(32-18-8-4-3-5-9-18)24(29)26-17-12-14-19(15-13-17)33(30,31)28-23-16-25-20-10-6-7-11-21(20)27-23/h3-16,22H,2H2,1H3,(H,26,29)(H,27,28)/t22-/m1/s1. The van der Waals surface area contributed by atoms with Crippen LogP contribution in [-0.2, 0) is 14.8 Å². The zero-order chi connectivity index (χ0) is 23.3. The molecule has 0 radical (unpaired) electrons. The van der Waals surface area contributed by atoms with Crippen molar-refractivity contribution < 1.29 is 17.9 Å². The number of fused-ring (bicyclic) bond motifs is 1. The van der Waals surface area contributed by atoms with Gasteiger partial charge >= 0.3 is 0 Å². The molecule has 0 fully saturated rings. The zero-order valence-electron chi connectivity index (χ0n) is 17.8. The Balaban J connectivity index is 1.43. The summed E-state index contributed by atoms with van der Waals surface area (Å²) in [5, 5.41) is 2.76. The fourth-order valence-electron chi connectivity index (χ4n) is 3.13. The molecule has 0 spiro atoms. The maximum absolute atomic E-state index is 12.7. The van der Waals surface area contributed by atoms with Crippen LogP contribution < -0.4 is 14.8 Å². The van der Waals surface area contributed by atoms with Crippen LogP contribution in [0.5, 0.6) is 5.75 Å². The molecule has 9 heteroatoms. The van der Waals surface area contributed by atoms with Gasteiger partial charge in [-0.1, -0.05) is 37.3 Å². The van der Waals surface area contributed by atoms with Gasteiger partial charge in [0.05, 0.1) is 22.1 Å². The van der Waals surface area contributed by atoms with Gasteiger partial charge in [0.15, 0.2) is 11.9 Å². The summed E-state index contributed by atoms with van der Waals surface area (Å²) in [5.41, 5.74) is 1.71. The number of ether oxygens (including phenoxy) is 1. The van der Waals surface area contributed by atoms with Gasteiger partial charge in [0.1, 0.15) is 5.75 Å². The molecule has 0 aliphatic rings. The maximum atomic E-state index is 12.7. The fourth-order valence-corrected chi connectivity index (χ4v) is 4.11. The minimum atomic E-state index is -3.88. The van der Waals surface area contributed by atoms with Crippen molar-refractivity contribution in [2.75, 3.05) is 10.0 Å². The van der Waals surface area contributed by atoms with Crippen molar-refractivity contribution in [3.63, 3.8) is 0 Å². The molecule has 0 unspecified atom stereocenters. The third kappa shape index (κ3) is 5.45. The van der Waals surface area contributed by atoms with Crippen LogP contribution in [0.1, 0.15) is 13.3 Å². The molecule has 0 aliphatic heterocycles. The number of rotatable bonds is 8. The first-order chi connectivity index (χ1) is 15.9. The number of carbonyl (C=O) groups is 1. The number of nitrogens with one attached hydrogen (secondary N) is 2. The number of amides is 1. The van der Waals surface area contributed by atoms with Crippen LogP contribution in [0, 0.1) is 0 Å². The van der Waals surface area contributed by atoms with E-state index in [0.29, 0.717) is 28.9 Å². The maximum Gasteiger partial charge on any atom is 0.265 e. The second-order valence-electron chi connectivity index (χ2n) is 7.19. The number of sulfonamides is 1. The van der Waals surface area contributed by atoms with Gasteiger partial charge in [0.2, 0.25) is 0 Å². The van der Waals surface area contributed by atoms with Crippen molar-refractivity contribution in [2.24, 2.45) is 0 Å². The van der Waals surface area contributed by atoms with Crippen LogP contribution in [0.2, 0.25) is 0 Å². The molecule has 0 aliphatic carbocycles. The molecule has 3 aromatic carbocycles. The van der Waals surface area contributed by atoms with E-state index in [2.05, 4.69) is 20.0 Å². The van der Waals surface area contributed by atoms with E-state index in [1.54, 1.807) is 30.3 Å². The van der Waals surface area contributed by atoms with Crippen LogP contribution in [0.15, 0.2) is 90.0 Å². The zero-order valence-corrected chi connectivity index (χ0v) is 18.6. The number of aromatic nitrogens is 2. The lowest BCUT2D eigenvalue weighted by Gasteiger charge is -2.17. The summed E-state index contributed by atoms with van der Waals surface area (Å²) in [6, 6.07) is 22.1. The Morgan fingerprint density at radius 3 is 2.30 bits per heavy atom. The second kappa shape index (κ2) is 9.66. The molecule has 1 amide bonds. The quantitative estimate of drug-likeness (QED) is 0.406. The molecule has 168 valence electrons. The molecule has 1 heterocycles. The van der Waals surface area contributed by atoms with Crippen LogP contribution >= 0.6 is 0 Å². The lowest BCUT2D eigenvalue weighted by Crippen LogP contribution is -2.32. The number of anilines is 2. The predicted molar refractivity (Wildman–Crippen MR) is 127 cm³/mol. The summed E-state index contributed by atoms with van der Waals surface area (Å²) in [6.45, 7) is 1.85. The SMILES string of the molecule is CC[C@@H](Oc1ccccc1)C(=O)Nc1ccc(S(=O)(=O)Nc2cnc3ccccc3n2)cc1. The van der Waals surface area contributed by atoms with E-state index < -0.39 is 16.1 Å². The number of hydrogen-bond donors (Lipinski definition) is 2. The average molecular weight is 463 g/mol. The summed E-state index contributed by atoms with van der Waals surface area (Å²) >= 11 is 0. The lowest BCUT2D eigenvalue weighted by molar-refractivity contribution is -0.122. The highest BCUT2D eigenvalue weighted by molar-refractivity contribution is 7.92. The smallest absolute Gasteiger partial charge is 0.265 e. The molecule has 0 bridgehead atoms. The van der Waals surface area contributed by atoms with Gasteiger partial charge in [0.25, 0.3) is 15.9 Å². The van der Waals surface area contributed by atoms with Gasteiger partial charge in [-0.2, -0.15) is 0 Å². The molecule has 33 heavy (non-hydrogen) atoms. The van der Waals surface area contributed by atoms with Gasteiger partial charge in [-0.25, -0.2) is 13.4 Å². The molecule has 8 nitrogen and oxygen atoms in total. The number of benzene rings is 3. The monoisotopic (exact) mass is 462 g/mol. The number of hydrogen-bond acceptors (Lipinski definition) is 6. The highest BCUT2D eigenvalue weighted by Crippen LogP contribution is 2.19. The largest absolute Gasteiger partial charge is 0.481 e. The Morgan fingerprint density at radius 1 is 0.939 bits per heavy atom. The van der Waals surface area contributed by atoms with Gasteiger partial charge in [-0.15, -0.1) is 0 Å². The molecule has 4 rings (SSSR count). The van der Waals surface area contributed by atoms with E-state index in [1.165, 1.54) is 30.5 Å². The van der Waals surface area contributed by atoms with Crippen molar-refractivity contribution in [3.05, 3.63) is 85.1 Å². The molecule has 0 saturated heterocycles. The van der Waals surface area contributed by atoms with Gasteiger partial charge in [0, 0.05) is 5.69 Å². The van der Waals surface area contributed by atoms with Crippen molar-refractivity contribution in [1.82, 2.24) is 9.97 Å². The third-order valence-electron chi connectivity index (χ3n) is 4.80. The first-order valence-corrected chi connectivity index (χ1v) is 11.8. The highest BCUT2D eigenvalue weighted by Gasteiger charge is 2.20. The summed E-state index contributed by atoms with van der Waals surface area (Å²) < 4.78 is 33.7. The molecule has 0 saturated carbocycles. The Hall–Kier alpha value is -3.98. The Kier molecular flexibility index (Phi) is 6.50. The Bertz CT molecular complexity index is 1360. The summed E-state index contributed by atoms with van der Waals surface area (Å²) in [7, 11) is -3.88. The normalized spacial score (nSPS) is 12.2. The molecule has 1 atom stereocenters. The van der Waals surface area contributed by atoms with Crippen molar-refractivity contribution in [3.8, 4) is 5.75 Å². The fraction of sp³-hybridized carbons (Fsp3) is 0.125. The molecular weight excluding hydrogens is 440 g/mol. The molecular formula is C24H22N4O4S. The van der Waals surface area contributed by atoms with Gasteiger partial charge in [-0.05, 0) is 55.0 Å². The Labute approximate surface area is 191 Å². The third-order valence-corrected chi connectivity index (χ3v) is 6.18. The molecule has 2 N–H and O–H groups in total. The van der Waals surface area contributed by atoms with E-state index in [0.717, 1.165) is 0 Å². The first kappa shape index (κ1) is 22.2. The van der Waals surface area contributed by atoms with Crippen LogP contribution in [0.25, 0.3) is 11.0 Å². The van der Waals surface area contributed by atoms with E-state index >= 15 is 0 Å². The summed E-state index contributed by atoms with van der Waals surface area (Å²) in [4.78, 5) is 21.1. The first-order valence-electron chi connectivity index (χ1n) is 10.3. The van der Waals surface area contributed by atoms with E-state index in [9.17, 15) is 13.2 Å². The summed E-state index contributed by atoms with van der Waals surface area (Å²) in [6.07, 6.45) is 1.17. The van der Waals surface area contributed by atoms with Crippen molar-refractivity contribution in [2.45, 2.75) is 24.3 Å². The second-order valence-corrected chi connectivity index (χ2v) is 8.87. The lowest BCUT2D eigenvalue weighted by atomic mass is 10.2. The van der Waals surface area contributed by atoms with Crippen LogP contribution in [-0.4, -0.2) is 30.4 Å². The molecule has 1 aromatic heterocycles. The van der Waals surface area contributed by atoms with Crippen molar-refractivity contribution in [1.29, 1.82) is 0 Å². The predicted octanol–water partition coefficient (Wildman–Crippen LogP) is 4.23. The van der Waals surface area contributed by atoms with E-state index in [-0.39, 0.29) is 16.6 Å². The van der Waals surface area contributed by atoms with Gasteiger partial charge < -0.3 is 10.1 Å². The van der Waals surface area contributed by atoms with E-state index in [1.807, 2.05) is 31.2 Å². The number of nitrogens with zero attached hydrogens (tertiary/aromatic N) is 2.